The summed E-state index contributed by atoms with van der Waals surface area (Å²) >= 11 is 0. The maximum Gasteiger partial charge on any atom is 0.306 e. The van der Waals surface area contributed by atoms with Crippen molar-refractivity contribution in [2.45, 2.75) is 192 Å². The Balaban J connectivity index is 2.52. The highest BCUT2D eigenvalue weighted by Gasteiger charge is 2.46. The molecule has 13 heteroatoms. The molecule has 0 aliphatic carbocycles. The van der Waals surface area contributed by atoms with Crippen LogP contribution in [0.25, 0.3) is 0 Å². The molecule has 0 aromatic rings. The second-order valence-electron chi connectivity index (χ2n) is 14.3. The minimum Gasteiger partial charge on any atom is -0.462 e. The molecule has 0 radical (unpaired) electrons. The van der Waals surface area contributed by atoms with E-state index in [0.717, 1.165) is 83.5 Å². The zero-order chi connectivity index (χ0) is 39.9. The lowest BCUT2D eigenvalue weighted by molar-refractivity contribution is -0.297. The van der Waals surface area contributed by atoms with Crippen molar-refractivity contribution in [1.82, 2.24) is 0 Å². The van der Waals surface area contributed by atoms with E-state index in [9.17, 15) is 37.9 Å². The van der Waals surface area contributed by atoms with Gasteiger partial charge in [-0.05, 0) is 64.2 Å². The molecule has 12 nitrogen and oxygen atoms in total. The SMILES string of the molecule is CCCC/C=C\CCCCCCCC(=O)OCC(COC1OC(CS(=O)(=O)O)C(O)C(O)C1O)OC(=O)CCCCCCC/C=C\C/C=C\CCCCC. The maximum atomic E-state index is 12.8. The number of carbonyl (C=O) groups excluding carboxylic acids is 2. The van der Waals surface area contributed by atoms with Gasteiger partial charge in [0.25, 0.3) is 10.1 Å². The molecule has 1 fully saturated rings. The Labute approximate surface area is 325 Å². The van der Waals surface area contributed by atoms with Gasteiger partial charge in [0.15, 0.2) is 12.4 Å². The minimum atomic E-state index is -4.60. The van der Waals surface area contributed by atoms with Crippen LogP contribution in [0.1, 0.15) is 155 Å². The number of hydrogen-bond donors (Lipinski definition) is 4. The fourth-order valence-electron chi connectivity index (χ4n) is 5.92. The van der Waals surface area contributed by atoms with Crippen LogP contribution in [-0.4, -0.2) is 96.0 Å². The van der Waals surface area contributed by atoms with E-state index in [1.54, 1.807) is 0 Å². The molecule has 0 saturated carbocycles. The lowest BCUT2D eigenvalue weighted by Crippen LogP contribution is -2.60. The molecule has 54 heavy (non-hydrogen) atoms. The van der Waals surface area contributed by atoms with Gasteiger partial charge in [0.2, 0.25) is 0 Å². The van der Waals surface area contributed by atoms with Gasteiger partial charge in [-0.3, -0.25) is 14.1 Å². The van der Waals surface area contributed by atoms with E-state index in [1.165, 1.54) is 32.1 Å². The van der Waals surface area contributed by atoms with Gasteiger partial charge in [0.1, 0.15) is 36.8 Å². The molecule has 314 valence electrons. The quantitative estimate of drug-likeness (QED) is 0.0223. The van der Waals surface area contributed by atoms with Crippen LogP contribution in [0.2, 0.25) is 0 Å². The van der Waals surface area contributed by atoms with Crippen molar-refractivity contribution in [2.24, 2.45) is 0 Å². The highest BCUT2D eigenvalue weighted by Crippen LogP contribution is 2.24. The molecular weight excluding hydrogens is 717 g/mol. The minimum absolute atomic E-state index is 0.146. The fourth-order valence-corrected chi connectivity index (χ4v) is 6.61. The molecule has 1 heterocycles. The van der Waals surface area contributed by atoms with Crippen LogP contribution in [0, 0.1) is 0 Å². The van der Waals surface area contributed by atoms with E-state index in [0.29, 0.717) is 12.8 Å². The summed E-state index contributed by atoms with van der Waals surface area (Å²) in [6, 6.07) is 0. The van der Waals surface area contributed by atoms with Crippen molar-refractivity contribution in [3.8, 4) is 0 Å². The van der Waals surface area contributed by atoms with Crippen molar-refractivity contribution in [3.63, 3.8) is 0 Å². The molecule has 0 aromatic carbocycles. The van der Waals surface area contributed by atoms with E-state index < -0.39 is 71.2 Å². The van der Waals surface area contributed by atoms with E-state index in [2.05, 4.69) is 50.3 Å². The summed E-state index contributed by atoms with van der Waals surface area (Å²) in [6.07, 6.45) is 24.8. The molecular formula is C41H72O12S. The van der Waals surface area contributed by atoms with Crippen molar-refractivity contribution >= 4 is 22.1 Å². The van der Waals surface area contributed by atoms with Crippen LogP contribution >= 0.6 is 0 Å². The van der Waals surface area contributed by atoms with Gasteiger partial charge < -0.3 is 34.3 Å². The molecule has 0 spiro atoms. The molecule has 6 atom stereocenters. The summed E-state index contributed by atoms with van der Waals surface area (Å²) in [7, 11) is -4.60. The van der Waals surface area contributed by atoms with Gasteiger partial charge in [0, 0.05) is 12.8 Å². The summed E-state index contributed by atoms with van der Waals surface area (Å²) in [5, 5.41) is 30.8. The van der Waals surface area contributed by atoms with Crippen molar-refractivity contribution in [1.29, 1.82) is 0 Å². The third kappa shape index (κ3) is 26.6. The topological polar surface area (TPSA) is 186 Å². The highest BCUT2D eigenvalue weighted by molar-refractivity contribution is 7.85. The Bertz CT molecular complexity index is 1150. The maximum absolute atomic E-state index is 12.8. The van der Waals surface area contributed by atoms with Gasteiger partial charge >= 0.3 is 11.9 Å². The highest BCUT2D eigenvalue weighted by atomic mass is 32.2. The second kappa shape index (κ2) is 32.0. The summed E-state index contributed by atoms with van der Waals surface area (Å²) < 4.78 is 53.8. The van der Waals surface area contributed by atoms with Gasteiger partial charge in [-0.25, -0.2) is 0 Å². The summed E-state index contributed by atoms with van der Waals surface area (Å²) in [5.74, 6) is -2.02. The molecule has 1 saturated heterocycles. The van der Waals surface area contributed by atoms with Crippen molar-refractivity contribution in [3.05, 3.63) is 36.5 Å². The molecule has 1 aliphatic heterocycles. The first-order chi connectivity index (χ1) is 26.0. The zero-order valence-electron chi connectivity index (χ0n) is 33.1. The monoisotopic (exact) mass is 788 g/mol. The van der Waals surface area contributed by atoms with E-state index in [-0.39, 0.29) is 19.4 Å². The average molecular weight is 789 g/mol. The molecule has 1 aliphatic rings. The van der Waals surface area contributed by atoms with E-state index in [4.69, 9.17) is 18.9 Å². The first-order valence-electron chi connectivity index (χ1n) is 20.5. The summed E-state index contributed by atoms with van der Waals surface area (Å²) in [4.78, 5) is 25.3. The lowest BCUT2D eigenvalue weighted by Gasteiger charge is -2.40. The Morgan fingerprint density at radius 3 is 1.70 bits per heavy atom. The van der Waals surface area contributed by atoms with E-state index >= 15 is 0 Å². The number of esters is 2. The third-order valence-electron chi connectivity index (χ3n) is 9.19. The normalized spacial score (nSPS) is 21.3. The van der Waals surface area contributed by atoms with Crippen LogP contribution in [0.15, 0.2) is 36.5 Å². The smallest absolute Gasteiger partial charge is 0.306 e. The summed E-state index contributed by atoms with van der Waals surface area (Å²) in [6.45, 7) is 3.65. The first kappa shape index (κ1) is 49.9. The average Bonchev–Trinajstić information content (AvgIpc) is 3.13. The first-order valence-corrected chi connectivity index (χ1v) is 22.2. The Kier molecular flexibility index (Phi) is 29.6. The van der Waals surface area contributed by atoms with Gasteiger partial charge in [-0.1, -0.05) is 115 Å². The molecule has 0 aromatic heterocycles. The predicted molar refractivity (Wildman–Crippen MR) is 210 cm³/mol. The van der Waals surface area contributed by atoms with Gasteiger partial charge in [-0.2, -0.15) is 8.42 Å². The molecule has 6 unspecified atom stereocenters. The number of aliphatic hydroxyl groups excluding tert-OH is 3. The van der Waals surface area contributed by atoms with Crippen LogP contribution in [0.5, 0.6) is 0 Å². The van der Waals surface area contributed by atoms with Gasteiger partial charge in [-0.15, -0.1) is 0 Å². The van der Waals surface area contributed by atoms with Gasteiger partial charge in [0.05, 0.1) is 6.61 Å². The Morgan fingerprint density at radius 1 is 0.630 bits per heavy atom. The number of unbranched alkanes of at least 4 members (excludes halogenated alkanes) is 15. The molecule has 0 amide bonds. The number of rotatable bonds is 33. The molecule has 0 bridgehead atoms. The van der Waals surface area contributed by atoms with E-state index in [1.807, 2.05) is 0 Å². The number of carbonyl (C=O) groups is 2. The van der Waals surface area contributed by atoms with Crippen LogP contribution in [-0.2, 0) is 38.7 Å². The third-order valence-corrected chi connectivity index (χ3v) is 9.94. The predicted octanol–water partition coefficient (Wildman–Crippen LogP) is 7.44. The second-order valence-corrected chi connectivity index (χ2v) is 15.8. The standard InChI is InChI=1S/C41H72O12S/c1-3-5-7-9-11-13-15-16-17-18-20-22-24-26-28-30-37(43)52-34(31-50-36(42)29-27-25-23-21-19-14-12-10-8-6-4-2)32-51-41-40(46)39(45)38(44)35(53-41)33-54(47,48)49/h10-13,16-17,34-35,38-41,44-46H,3-9,14-15,18-33H2,1-2H3,(H,47,48,49)/b12-10-,13-11-,17-16-. The summed E-state index contributed by atoms with van der Waals surface area (Å²) in [5.41, 5.74) is 0. The molecule has 1 rings (SSSR count). The lowest BCUT2D eigenvalue weighted by atomic mass is 10.00. The zero-order valence-corrected chi connectivity index (χ0v) is 33.9. The fraction of sp³-hybridized carbons (Fsp3) is 0.805. The van der Waals surface area contributed by atoms with Crippen molar-refractivity contribution in [2.75, 3.05) is 19.0 Å². The number of ether oxygens (including phenoxy) is 4. The molecule has 4 N–H and O–H groups in total. The number of allylic oxidation sites excluding steroid dienone is 6. The largest absolute Gasteiger partial charge is 0.462 e. The Hall–Kier alpha value is -2.13. The number of aliphatic hydroxyl groups is 3. The van der Waals surface area contributed by atoms with Crippen LogP contribution in [0.4, 0.5) is 0 Å². The Morgan fingerprint density at radius 2 is 1.13 bits per heavy atom. The van der Waals surface area contributed by atoms with Crippen LogP contribution in [0.3, 0.4) is 0 Å². The van der Waals surface area contributed by atoms with Crippen LogP contribution < -0.4 is 0 Å². The van der Waals surface area contributed by atoms with Crippen molar-refractivity contribution < 1.29 is 56.8 Å². The number of hydrogen-bond acceptors (Lipinski definition) is 11.